The second-order valence-corrected chi connectivity index (χ2v) is 19.7. The number of hydrogen-bond donors (Lipinski definition) is 6. The molecule has 8 rings (SSSR count). The summed E-state index contributed by atoms with van der Waals surface area (Å²) in [6.07, 6.45) is 10.2. The molecule has 6 N–H and O–H groups in total. The maximum absolute atomic E-state index is 12.8. The summed E-state index contributed by atoms with van der Waals surface area (Å²) in [4.78, 5) is 50.7. The first-order valence-corrected chi connectivity index (χ1v) is 22.9. The van der Waals surface area contributed by atoms with Crippen LogP contribution in [0, 0.1) is 34.5 Å². The molecule has 0 spiro atoms. The summed E-state index contributed by atoms with van der Waals surface area (Å²) in [6.45, 7) is 6.29. The average molecular weight is 867 g/mol. The lowest BCUT2D eigenvalue weighted by Gasteiger charge is -2.65. The number of fused-ring (bicyclic) bond motifs is 6. The lowest BCUT2D eigenvalue weighted by Crippen LogP contribution is -2.67. The molecule has 62 heavy (non-hydrogen) atoms. The first-order chi connectivity index (χ1) is 29.6. The highest BCUT2D eigenvalue weighted by atomic mass is 16.6. The third-order valence-electron chi connectivity index (χ3n) is 16.4. The zero-order chi connectivity index (χ0) is 44.0. The van der Waals surface area contributed by atoms with Crippen LogP contribution in [-0.4, -0.2) is 137 Å². The van der Waals surface area contributed by atoms with E-state index in [1.54, 1.807) is 17.7 Å². The van der Waals surface area contributed by atoms with Crippen LogP contribution in [-0.2, 0) is 35.1 Å². The van der Waals surface area contributed by atoms with E-state index in [0.717, 1.165) is 63.4 Å². The minimum Gasteiger partial charge on any atom is -0.481 e. The summed E-state index contributed by atoms with van der Waals surface area (Å²) in [5.41, 5.74) is 0.641. The van der Waals surface area contributed by atoms with Gasteiger partial charge in [0.15, 0.2) is 11.9 Å². The number of carbonyl (C=O) groups is 3. The monoisotopic (exact) mass is 866 g/mol. The third kappa shape index (κ3) is 8.31. The highest BCUT2D eigenvalue weighted by Crippen LogP contribution is 2.70. The quantitative estimate of drug-likeness (QED) is 0.0990. The topological polar surface area (TPSA) is 239 Å². The molecular formula is C45H66N6O11. The number of aliphatic hydroxyl groups excluding tert-OH is 3. The first-order valence-electron chi connectivity index (χ1n) is 22.9. The Labute approximate surface area is 362 Å². The van der Waals surface area contributed by atoms with Gasteiger partial charge in [0.2, 0.25) is 5.91 Å². The number of nitrogens with zero attached hydrogens (tertiary/aromatic N) is 5. The van der Waals surface area contributed by atoms with E-state index in [1.807, 2.05) is 4.90 Å². The molecule has 4 aliphatic carbocycles. The summed E-state index contributed by atoms with van der Waals surface area (Å²) in [5, 5.41) is 57.9. The van der Waals surface area contributed by atoms with Crippen LogP contribution in [0.3, 0.4) is 0 Å². The van der Waals surface area contributed by atoms with Crippen molar-refractivity contribution in [1.82, 2.24) is 29.7 Å². The molecular weight excluding hydrogens is 801 g/mol. The molecule has 13 atom stereocenters. The van der Waals surface area contributed by atoms with Crippen LogP contribution in [0.5, 0.6) is 0 Å². The van der Waals surface area contributed by atoms with Crippen molar-refractivity contribution in [3.63, 3.8) is 0 Å². The number of ether oxygens (including phenoxy) is 3. The molecule has 0 aromatic carbocycles. The number of imidazole rings is 1. The minimum atomic E-state index is -1.25. The fourth-order valence-electron chi connectivity index (χ4n) is 12.8. The Kier molecular flexibility index (Phi) is 13.2. The lowest BCUT2D eigenvalue weighted by molar-refractivity contribution is -0.245. The van der Waals surface area contributed by atoms with Crippen molar-refractivity contribution in [1.29, 1.82) is 0 Å². The second kappa shape index (κ2) is 18.1. The van der Waals surface area contributed by atoms with Crippen molar-refractivity contribution in [2.45, 2.75) is 153 Å². The van der Waals surface area contributed by atoms with E-state index in [2.05, 4.69) is 34.1 Å². The molecule has 6 aliphatic rings. The van der Waals surface area contributed by atoms with Gasteiger partial charge < -0.3 is 50.0 Å². The van der Waals surface area contributed by atoms with Crippen molar-refractivity contribution >= 4 is 29.0 Å². The number of unbranched alkanes of at least 4 members (excludes halogenated alkanes) is 2. The van der Waals surface area contributed by atoms with Crippen molar-refractivity contribution < 1.29 is 54.1 Å². The van der Waals surface area contributed by atoms with E-state index < -0.39 is 47.6 Å². The summed E-state index contributed by atoms with van der Waals surface area (Å²) in [5.74, 6) is -0.517. The Hall–Kier alpha value is -3.58. The van der Waals surface area contributed by atoms with E-state index in [9.17, 15) is 34.8 Å². The number of aromatic nitrogens is 4. The van der Waals surface area contributed by atoms with Crippen LogP contribution in [0.2, 0.25) is 0 Å². The summed E-state index contributed by atoms with van der Waals surface area (Å²) in [7, 11) is 1.81. The van der Waals surface area contributed by atoms with Crippen LogP contribution in [0.25, 0.3) is 11.2 Å². The standard InChI is InChI=1S/C45H66N6O11/c1-43-14-12-28(19-27(43)10-11-30-31(43)20-34(52)44(2)29(13-15-45(30,44)59)26-18-37(56)61-23-26)60-17-6-4-5-8-35(53)46-21-32-38-41(48-24-47-32)51(25-49-38)42-40(58)39(57)33(62-42)22-50(3)16-7-9-36(54)55/h18,24-25,27-31,33-34,39-40,42,52,57-59H,4-17,19-23H2,1-3H3,(H,46,53)(H,54,55)/t27-,28-,29-,30?,31+,33-,34-,39-,40-,42-,43+,44+,45+/m1/s1. The molecule has 5 fully saturated rings. The number of esters is 1. The number of carboxylic acids is 1. The SMILES string of the molecule is CN(CCCC(=O)O)C[C@H]1O[C@@H](n2cnc3c(CNC(=O)CCCCCO[C@@H]4CC[C@@]5(C)[C@H](CCC6[C@@H]5C[C@@H](O)[C@]5(C)[C@@H](C7=CC(=O)OC7)CC[C@]65O)C4)ncnc32)[C@H](O)[C@@H]1O. The molecule has 2 aromatic heterocycles. The highest BCUT2D eigenvalue weighted by Gasteiger charge is 2.70. The third-order valence-corrected chi connectivity index (χ3v) is 16.4. The number of rotatable bonds is 17. The smallest absolute Gasteiger partial charge is 0.331 e. The van der Waals surface area contributed by atoms with Crippen molar-refractivity contribution in [2.75, 3.05) is 33.4 Å². The first kappa shape index (κ1) is 45.0. The fraction of sp³-hybridized carbons (Fsp3) is 0.778. The molecule has 4 saturated carbocycles. The molecule has 2 aromatic rings. The molecule has 0 radical (unpaired) electrons. The van der Waals surface area contributed by atoms with E-state index >= 15 is 0 Å². The molecule has 17 heteroatoms. The molecule has 342 valence electrons. The number of aliphatic hydroxyl groups is 4. The van der Waals surface area contributed by atoms with E-state index in [-0.39, 0.29) is 60.7 Å². The van der Waals surface area contributed by atoms with Gasteiger partial charge in [0.1, 0.15) is 36.8 Å². The normalized spacial score (nSPS) is 37.8. The Morgan fingerprint density at radius 3 is 2.58 bits per heavy atom. The molecule has 4 heterocycles. The molecule has 1 saturated heterocycles. The Balaban J connectivity index is 0.754. The maximum atomic E-state index is 12.8. The van der Waals surface area contributed by atoms with Crippen molar-refractivity contribution in [3.8, 4) is 0 Å². The lowest BCUT2D eigenvalue weighted by atomic mass is 9.42. The summed E-state index contributed by atoms with van der Waals surface area (Å²) >= 11 is 0. The number of carbonyl (C=O) groups excluding carboxylic acids is 2. The van der Waals surface area contributed by atoms with Gasteiger partial charge >= 0.3 is 11.9 Å². The number of amides is 1. The van der Waals surface area contributed by atoms with Gasteiger partial charge in [-0.25, -0.2) is 19.7 Å². The number of likely N-dealkylation sites (N-methyl/N-ethyl adjacent to an activating group) is 1. The van der Waals surface area contributed by atoms with Crippen molar-refractivity contribution in [2.24, 2.45) is 34.5 Å². The number of nitrogens with one attached hydrogen (secondary N) is 1. The van der Waals surface area contributed by atoms with Gasteiger partial charge in [-0.2, -0.15) is 0 Å². The molecule has 17 nitrogen and oxygen atoms in total. The zero-order valence-electron chi connectivity index (χ0n) is 36.4. The zero-order valence-corrected chi connectivity index (χ0v) is 36.4. The van der Waals surface area contributed by atoms with E-state index in [0.29, 0.717) is 68.2 Å². The van der Waals surface area contributed by atoms with Crippen molar-refractivity contribution in [3.05, 3.63) is 30.0 Å². The molecule has 2 aliphatic heterocycles. The highest BCUT2D eigenvalue weighted by molar-refractivity contribution is 5.85. The van der Waals surface area contributed by atoms with Gasteiger partial charge in [-0.3, -0.25) is 14.2 Å². The van der Waals surface area contributed by atoms with Gasteiger partial charge in [-0.15, -0.1) is 0 Å². The average Bonchev–Trinajstić information content (AvgIpc) is 4.00. The van der Waals surface area contributed by atoms with Gasteiger partial charge in [0.25, 0.3) is 0 Å². The Morgan fingerprint density at radius 2 is 1.81 bits per heavy atom. The summed E-state index contributed by atoms with van der Waals surface area (Å²) < 4.78 is 19.3. The molecule has 1 amide bonds. The number of carboxylic acid groups (broad SMARTS) is 1. The molecule has 0 bridgehead atoms. The maximum Gasteiger partial charge on any atom is 0.331 e. The van der Waals surface area contributed by atoms with Crippen LogP contribution >= 0.6 is 0 Å². The van der Waals surface area contributed by atoms with E-state index in [1.165, 1.54) is 12.7 Å². The van der Waals surface area contributed by atoms with E-state index in [4.69, 9.17) is 19.3 Å². The van der Waals surface area contributed by atoms with Gasteiger partial charge in [0, 0.05) is 37.5 Å². The minimum absolute atomic E-state index is 0.0282. The van der Waals surface area contributed by atoms with Crippen LogP contribution < -0.4 is 5.32 Å². The fourth-order valence-corrected chi connectivity index (χ4v) is 12.8. The van der Waals surface area contributed by atoms with Gasteiger partial charge in [0.05, 0.1) is 36.4 Å². The Morgan fingerprint density at radius 1 is 0.984 bits per heavy atom. The summed E-state index contributed by atoms with van der Waals surface area (Å²) in [6, 6.07) is 0. The Bertz CT molecular complexity index is 2000. The number of cyclic esters (lactones) is 1. The van der Waals surface area contributed by atoms with Gasteiger partial charge in [-0.1, -0.05) is 20.3 Å². The van der Waals surface area contributed by atoms with Gasteiger partial charge in [-0.05, 0) is 119 Å². The predicted molar refractivity (Wildman–Crippen MR) is 223 cm³/mol. The second-order valence-electron chi connectivity index (χ2n) is 19.7. The van der Waals surface area contributed by atoms with Crippen LogP contribution in [0.15, 0.2) is 24.3 Å². The number of aliphatic carboxylic acids is 1. The van der Waals surface area contributed by atoms with Crippen LogP contribution in [0.1, 0.15) is 116 Å². The largest absolute Gasteiger partial charge is 0.481 e. The number of hydrogen-bond acceptors (Lipinski definition) is 14. The molecule has 1 unspecified atom stereocenters. The van der Waals surface area contributed by atoms with Crippen LogP contribution in [0.4, 0.5) is 0 Å². The predicted octanol–water partition coefficient (Wildman–Crippen LogP) is 3.03.